The Morgan fingerprint density at radius 2 is 1.86 bits per heavy atom. The monoisotopic (exact) mass is 517 g/mol. The first-order valence-electron chi connectivity index (χ1n) is 12.1. The van der Waals surface area contributed by atoms with E-state index in [0.717, 1.165) is 44.7 Å². The van der Waals surface area contributed by atoms with Crippen LogP contribution in [0, 0.1) is 5.92 Å². The molecule has 2 aromatic rings. The first-order chi connectivity index (χ1) is 17.1. The molecular weight excluding hydrogens is 482 g/mol. The normalized spacial score (nSPS) is 19.6. The largest absolute Gasteiger partial charge is 0.381 e. The van der Waals surface area contributed by atoms with Gasteiger partial charge in [-0.05, 0) is 60.4 Å². The third-order valence-electron chi connectivity index (χ3n) is 6.48. The summed E-state index contributed by atoms with van der Waals surface area (Å²) in [6, 6.07) is 17.4. The molecule has 35 heavy (non-hydrogen) atoms. The molecule has 2 aliphatic rings. The van der Waals surface area contributed by atoms with Gasteiger partial charge in [-0.1, -0.05) is 48.9 Å². The van der Waals surface area contributed by atoms with E-state index in [4.69, 9.17) is 9.47 Å². The fourth-order valence-corrected chi connectivity index (χ4v) is 6.42. The number of hydrogen-bond donors (Lipinski definition) is 1. The van der Waals surface area contributed by atoms with Gasteiger partial charge in [0.25, 0.3) is 0 Å². The van der Waals surface area contributed by atoms with Crippen molar-refractivity contribution in [3.05, 3.63) is 72.1 Å². The van der Waals surface area contributed by atoms with Crippen LogP contribution in [-0.2, 0) is 26.0 Å². The number of nitrogens with one attached hydrogen (secondary N) is 1. The minimum atomic E-state index is -3.52. The molecule has 9 heteroatoms. The highest BCUT2D eigenvalue weighted by molar-refractivity contribution is 8.00. The van der Waals surface area contributed by atoms with Gasteiger partial charge in [-0.25, -0.2) is 8.42 Å². The average Bonchev–Trinajstić information content (AvgIpc) is 3.38. The Hall–Kier alpha value is -1.88. The summed E-state index contributed by atoms with van der Waals surface area (Å²) in [5, 5.41) is 1.74. The first-order valence-corrected chi connectivity index (χ1v) is 14.5. The summed E-state index contributed by atoms with van der Waals surface area (Å²) in [5.74, 6) is 0.306. The zero-order valence-corrected chi connectivity index (χ0v) is 21.7. The minimum absolute atomic E-state index is 0.184. The zero-order chi connectivity index (χ0) is 24.5. The van der Waals surface area contributed by atoms with Gasteiger partial charge in [0.15, 0.2) is 0 Å². The number of nitrogens with zero attached hydrogens (tertiary/aromatic N) is 2. The van der Waals surface area contributed by atoms with Gasteiger partial charge in [0.1, 0.15) is 6.73 Å². The van der Waals surface area contributed by atoms with E-state index in [1.165, 1.54) is 17.5 Å². The second-order valence-electron chi connectivity index (χ2n) is 8.94. The highest BCUT2D eigenvalue weighted by atomic mass is 32.2. The van der Waals surface area contributed by atoms with Crippen molar-refractivity contribution in [1.29, 1.82) is 0 Å². The maximum atomic E-state index is 13.2. The molecule has 2 heterocycles. The lowest BCUT2D eigenvalue weighted by Crippen LogP contribution is -2.32. The number of sulfonamides is 1. The molecule has 7 nitrogen and oxygen atoms in total. The lowest BCUT2D eigenvalue weighted by Gasteiger charge is -2.29. The van der Waals surface area contributed by atoms with Gasteiger partial charge in [-0.2, -0.15) is 4.31 Å². The topological polar surface area (TPSA) is 71.1 Å². The Morgan fingerprint density at radius 1 is 1.11 bits per heavy atom. The Labute approximate surface area is 213 Å². The average molecular weight is 518 g/mol. The summed E-state index contributed by atoms with van der Waals surface area (Å²) in [6.45, 7) is 8.11. The number of anilines is 1. The fraction of sp³-hybridized carbons (Fsp3) is 0.462. The summed E-state index contributed by atoms with van der Waals surface area (Å²) in [7, 11) is -3.52. The summed E-state index contributed by atoms with van der Waals surface area (Å²) in [4.78, 5) is 2.48. The Morgan fingerprint density at radius 3 is 2.57 bits per heavy atom. The van der Waals surface area contributed by atoms with Crippen molar-refractivity contribution in [3.63, 3.8) is 0 Å². The Bertz CT molecular complexity index is 1030. The molecule has 0 unspecified atom stereocenters. The van der Waals surface area contributed by atoms with Crippen LogP contribution in [0.3, 0.4) is 0 Å². The van der Waals surface area contributed by atoms with E-state index in [1.54, 1.807) is 21.8 Å². The van der Waals surface area contributed by atoms with Gasteiger partial charge in [-0.3, -0.25) is 4.72 Å². The van der Waals surface area contributed by atoms with E-state index in [0.29, 0.717) is 37.2 Å². The van der Waals surface area contributed by atoms with E-state index in [2.05, 4.69) is 28.3 Å². The lowest BCUT2D eigenvalue weighted by atomic mass is 10.1. The predicted molar refractivity (Wildman–Crippen MR) is 142 cm³/mol. The molecule has 190 valence electrons. The number of benzene rings is 2. The Balaban J connectivity index is 1.43. The molecule has 1 N–H and O–H groups in total. The minimum Gasteiger partial charge on any atom is -0.381 e. The molecule has 0 amide bonds. The molecule has 0 saturated carbocycles. The molecule has 0 radical (unpaired) electrons. The van der Waals surface area contributed by atoms with Crippen LogP contribution in [0.25, 0.3) is 0 Å². The molecule has 2 saturated heterocycles. The third-order valence-corrected chi connectivity index (χ3v) is 8.86. The van der Waals surface area contributed by atoms with Crippen molar-refractivity contribution >= 4 is 27.7 Å². The van der Waals surface area contributed by atoms with E-state index < -0.39 is 10.0 Å². The third kappa shape index (κ3) is 7.31. The van der Waals surface area contributed by atoms with Crippen molar-refractivity contribution in [3.8, 4) is 0 Å². The van der Waals surface area contributed by atoms with Crippen LogP contribution >= 0.6 is 11.9 Å². The molecular formula is C26H35N3O4S2. The summed E-state index contributed by atoms with van der Waals surface area (Å²) in [5.41, 5.74) is 2.11. The smallest absolute Gasteiger partial charge is 0.243 e. The molecule has 0 spiro atoms. The number of rotatable bonds is 12. The molecule has 0 aliphatic carbocycles. The van der Waals surface area contributed by atoms with E-state index in [9.17, 15) is 8.42 Å². The molecule has 2 fully saturated rings. The second kappa shape index (κ2) is 12.9. The maximum Gasteiger partial charge on any atom is 0.243 e. The molecule has 0 bridgehead atoms. The predicted octanol–water partition coefficient (Wildman–Crippen LogP) is 4.24. The zero-order valence-electron chi connectivity index (χ0n) is 20.1. The standard InChI is InChI=1S/C26H35N3O4S2/c1-2-34-27-18-23-12-15-29(20-23)35(30,31)26-10-8-24(9-11-26)28(19-22-6-4-3-5-7-22)21-33-25-13-16-32-17-14-25/h2-11,23,25,27H,1,12-21H2/t23-/m1/s1. The molecule has 1 atom stereocenters. The van der Waals surface area contributed by atoms with Crippen LogP contribution < -0.4 is 9.62 Å². The molecule has 2 aliphatic heterocycles. The van der Waals surface area contributed by atoms with Crippen molar-refractivity contribution < 1.29 is 17.9 Å². The van der Waals surface area contributed by atoms with Crippen LogP contribution in [-0.4, -0.2) is 58.4 Å². The maximum absolute atomic E-state index is 13.2. The van der Waals surface area contributed by atoms with Crippen LogP contribution in [0.5, 0.6) is 0 Å². The van der Waals surface area contributed by atoms with Gasteiger partial charge in [0.2, 0.25) is 10.0 Å². The van der Waals surface area contributed by atoms with Crippen molar-refractivity contribution in [1.82, 2.24) is 9.03 Å². The van der Waals surface area contributed by atoms with Crippen LogP contribution in [0.15, 0.2) is 71.5 Å². The van der Waals surface area contributed by atoms with Crippen molar-refractivity contribution in [2.24, 2.45) is 5.92 Å². The number of ether oxygens (including phenoxy) is 2. The van der Waals surface area contributed by atoms with Crippen molar-refractivity contribution in [2.45, 2.75) is 36.8 Å². The van der Waals surface area contributed by atoms with Gasteiger partial charge in [-0.15, -0.1) is 0 Å². The summed E-state index contributed by atoms with van der Waals surface area (Å²) >= 11 is 1.44. The van der Waals surface area contributed by atoms with Crippen LogP contribution in [0.4, 0.5) is 5.69 Å². The van der Waals surface area contributed by atoms with E-state index >= 15 is 0 Å². The lowest BCUT2D eigenvalue weighted by molar-refractivity contribution is -0.0316. The Kier molecular flexibility index (Phi) is 9.65. The SMILES string of the molecule is C=CSNC[C@H]1CCN(S(=O)(=O)c2ccc(N(COC3CCOCC3)Cc3ccccc3)cc2)C1. The number of hydrogen-bond acceptors (Lipinski definition) is 7. The quantitative estimate of drug-likeness (QED) is 0.257. The van der Waals surface area contributed by atoms with Gasteiger partial charge in [0.05, 0.1) is 11.0 Å². The van der Waals surface area contributed by atoms with E-state index in [-0.39, 0.29) is 6.10 Å². The summed E-state index contributed by atoms with van der Waals surface area (Å²) < 4.78 is 43.0. The van der Waals surface area contributed by atoms with Crippen molar-refractivity contribution in [2.75, 3.05) is 44.5 Å². The second-order valence-corrected chi connectivity index (χ2v) is 11.7. The van der Waals surface area contributed by atoms with Crippen LogP contribution in [0.1, 0.15) is 24.8 Å². The van der Waals surface area contributed by atoms with Gasteiger partial charge < -0.3 is 14.4 Å². The van der Waals surface area contributed by atoms with E-state index in [1.807, 2.05) is 30.3 Å². The molecule has 4 rings (SSSR count). The first kappa shape index (κ1) is 26.2. The highest BCUT2D eigenvalue weighted by Gasteiger charge is 2.32. The highest BCUT2D eigenvalue weighted by Crippen LogP contribution is 2.27. The fourth-order valence-electron chi connectivity index (χ4n) is 4.44. The summed E-state index contributed by atoms with van der Waals surface area (Å²) in [6.07, 6.45) is 2.84. The molecule has 0 aromatic heterocycles. The van der Waals surface area contributed by atoms with Gasteiger partial charge >= 0.3 is 0 Å². The van der Waals surface area contributed by atoms with Gasteiger partial charge in [0, 0.05) is 45.1 Å². The molecule has 2 aromatic carbocycles. The van der Waals surface area contributed by atoms with Crippen LogP contribution in [0.2, 0.25) is 0 Å².